The van der Waals surface area contributed by atoms with E-state index in [0.717, 1.165) is 22.3 Å². The fourth-order valence-electron chi connectivity index (χ4n) is 4.22. The first-order valence-corrected chi connectivity index (χ1v) is 10.1. The average Bonchev–Trinajstić information content (AvgIpc) is 3.66. The molecule has 0 unspecified atom stereocenters. The Morgan fingerprint density at radius 1 is 0.867 bits per heavy atom. The highest BCUT2D eigenvalue weighted by molar-refractivity contribution is 5.97. The molecule has 0 radical (unpaired) electrons. The number of hydrogen-bond donors (Lipinski definition) is 3. The van der Waals surface area contributed by atoms with E-state index in [1.807, 2.05) is 36.4 Å². The van der Waals surface area contributed by atoms with Crippen molar-refractivity contribution in [1.29, 1.82) is 0 Å². The summed E-state index contributed by atoms with van der Waals surface area (Å²) >= 11 is 0. The Labute approximate surface area is 173 Å². The number of benzene rings is 2. The second-order valence-electron chi connectivity index (χ2n) is 8.37. The number of alkyl carbamates (subject to hydrolysis) is 1. The molecule has 3 aliphatic carbocycles. The molecule has 3 N–H and O–H groups in total. The van der Waals surface area contributed by atoms with E-state index in [-0.39, 0.29) is 12.5 Å². The van der Waals surface area contributed by atoms with Gasteiger partial charge in [0, 0.05) is 5.92 Å². The Hall–Kier alpha value is -3.35. The van der Waals surface area contributed by atoms with Gasteiger partial charge in [-0.25, -0.2) is 9.59 Å². The van der Waals surface area contributed by atoms with Gasteiger partial charge in [-0.3, -0.25) is 4.79 Å². The van der Waals surface area contributed by atoms with Crippen molar-refractivity contribution >= 4 is 18.0 Å². The first kappa shape index (κ1) is 18.7. The van der Waals surface area contributed by atoms with E-state index in [0.29, 0.717) is 25.7 Å². The summed E-state index contributed by atoms with van der Waals surface area (Å²) in [7, 11) is 0. The van der Waals surface area contributed by atoms with E-state index in [9.17, 15) is 19.5 Å². The van der Waals surface area contributed by atoms with Gasteiger partial charge >= 0.3 is 12.1 Å². The summed E-state index contributed by atoms with van der Waals surface area (Å²) in [6.45, 7) is 0.163. The molecule has 0 spiro atoms. The summed E-state index contributed by atoms with van der Waals surface area (Å²) in [6.07, 6.45) is 1.10. The second-order valence-corrected chi connectivity index (χ2v) is 8.37. The number of carbonyl (C=O) groups is 3. The lowest BCUT2D eigenvalue weighted by Crippen LogP contribution is -2.54. The van der Waals surface area contributed by atoms with Crippen molar-refractivity contribution in [3.8, 4) is 11.1 Å². The minimum atomic E-state index is -1.17. The zero-order chi connectivity index (χ0) is 20.9. The largest absolute Gasteiger partial charge is 0.480 e. The van der Waals surface area contributed by atoms with Gasteiger partial charge in [-0.15, -0.1) is 0 Å². The van der Waals surface area contributed by atoms with Crippen LogP contribution in [0, 0.1) is 0 Å². The van der Waals surface area contributed by atoms with E-state index in [4.69, 9.17) is 4.74 Å². The molecule has 2 fully saturated rings. The number of rotatable bonds is 6. The highest BCUT2D eigenvalue weighted by atomic mass is 16.5. The zero-order valence-electron chi connectivity index (χ0n) is 16.3. The van der Waals surface area contributed by atoms with E-state index in [2.05, 4.69) is 22.8 Å². The highest BCUT2D eigenvalue weighted by Gasteiger charge is 2.58. The Morgan fingerprint density at radius 3 is 1.90 bits per heavy atom. The Morgan fingerprint density at radius 2 is 1.40 bits per heavy atom. The van der Waals surface area contributed by atoms with Crippen LogP contribution in [0.2, 0.25) is 0 Å². The second kappa shape index (κ2) is 6.58. The lowest BCUT2D eigenvalue weighted by atomic mass is 9.98. The topological polar surface area (TPSA) is 105 Å². The zero-order valence-corrected chi connectivity index (χ0v) is 16.3. The van der Waals surface area contributed by atoms with Crippen molar-refractivity contribution in [3.63, 3.8) is 0 Å². The number of nitrogens with one attached hydrogen (secondary N) is 2. The van der Waals surface area contributed by atoms with Crippen LogP contribution < -0.4 is 10.6 Å². The molecular weight excluding hydrogens is 384 g/mol. The average molecular weight is 406 g/mol. The van der Waals surface area contributed by atoms with Crippen molar-refractivity contribution in [3.05, 3.63) is 59.7 Å². The lowest BCUT2D eigenvalue weighted by Gasteiger charge is -2.21. The number of ether oxygens (including phenoxy) is 1. The fourth-order valence-corrected chi connectivity index (χ4v) is 4.22. The van der Waals surface area contributed by atoms with Gasteiger partial charge in [0.05, 0.1) is 0 Å². The standard InChI is InChI=1S/C23H22N2O5/c26-19(24-23(11-12-23)20(27)28)22(9-10-22)25-21(29)30-13-18-16-7-3-1-5-14(16)15-6-2-4-8-17(15)18/h1-8,18H,9-13H2,(H,24,26)(H,25,29)(H,27,28). The van der Waals surface area contributed by atoms with Gasteiger partial charge < -0.3 is 20.5 Å². The first-order valence-electron chi connectivity index (χ1n) is 10.1. The Kier molecular flexibility index (Phi) is 4.10. The molecule has 0 saturated heterocycles. The number of carboxylic acid groups (broad SMARTS) is 1. The van der Waals surface area contributed by atoms with Gasteiger partial charge in [0.1, 0.15) is 17.7 Å². The minimum absolute atomic E-state index is 0.0612. The van der Waals surface area contributed by atoms with Crippen molar-refractivity contribution in [1.82, 2.24) is 10.6 Å². The van der Waals surface area contributed by atoms with Gasteiger partial charge in [-0.2, -0.15) is 0 Å². The van der Waals surface area contributed by atoms with Crippen molar-refractivity contribution in [2.45, 2.75) is 42.7 Å². The lowest BCUT2D eigenvalue weighted by molar-refractivity contribution is -0.143. The van der Waals surface area contributed by atoms with Crippen LogP contribution in [0.4, 0.5) is 4.79 Å². The van der Waals surface area contributed by atoms with Crippen LogP contribution in [0.3, 0.4) is 0 Å². The monoisotopic (exact) mass is 406 g/mol. The van der Waals surface area contributed by atoms with Crippen LogP contribution in [0.15, 0.2) is 48.5 Å². The van der Waals surface area contributed by atoms with Crippen LogP contribution in [-0.4, -0.2) is 40.8 Å². The van der Waals surface area contributed by atoms with Crippen molar-refractivity contribution in [2.24, 2.45) is 0 Å². The molecule has 5 rings (SSSR count). The van der Waals surface area contributed by atoms with Gasteiger partial charge in [0.2, 0.25) is 5.91 Å². The smallest absolute Gasteiger partial charge is 0.408 e. The SMILES string of the molecule is O=C(NC1(C(=O)NC2(C(=O)O)CC2)CC1)OCC1c2ccccc2-c2ccccc21. The maximum Gasteiger partial charge on any atom is 0.408 e. The minimum Gasteiger partial charge on any atom is -0.480 e. The maximum atomic E-state index is 12.6. The molecule has 0 aliphatic heterocycles. The molecule has 30 heavy (non-hydrogen) atoms. The summed E-state index contributed by atoms with van der Waals surface area (Å²) in [5, 5.41) is 14.5. The van der Waals surface area contributed by atoms with Crippen LogP contribution >= 0.6 is 0 Å². The molecule has 0 bridgehead atoms. The third-order valence-electron chi connectivity index (χ3n) is 6.38. The number of carboxylic acids is 1. The molecule has 2 aromatic carbocycles. The van der Waals surface area contributed by atoms with Gasteiger partial charge in [-0.05, 0) is 47.9 Å². The van der Waals surface area contributed by atoms with Crippen LogP contribution in [0.1, 0.15) is 42.7 Å². The van der Waals surface area contributed by atoms with Gasteiger partial charge in [0.25, 0.3) is 0 Å². The highest BCUT2D eigenvalue weighted by Crippen LogP contribution is 2.45. The number of hydrogen-bond acceptors (Lipinski definition) is 4. The van der Waals surface area contributed by atoms with E-state index in [1.165, 1.54) is 0 Å². The van der Waals surface area contributed by atoms with E-state index >= 15 is 0 Å². The van der Waals surface area contributed by atoms with Gasteiger partial charge in [0.15, 0.2) is 0 Å². The van der Waals surface area contributed by atoms with Gasteiger partial charge in [-0.1, -0.05) is 48.5 Å². The van der Waals surface area contributed by atoms with Crippen LogP contribution in [-0.2, 0) is 14.3 Å². The molecule has 154 valence electrons. The quantitative estimate of drug-likeness (QED) is 0.684. The van der Waals surface area contributed by atoms with Crippen molar-refractivity contribution in [2.75, 3.05) is 6.61 Å². The normalized spacial score (nSPS) is 19.2. The first-order chi connectivity index (χ1) is 14.4. The summed E-state index contributed by atoms with van der Waals surface area (Å²) in [6, 6.07) is 16.1. The molecule has 2 aromatic rings. The maximum absolute atomic E-state index is 12.6. The summed E-state index contributed by atoms with van der Waals surface area (Å²) in [5.74, 6) is -1.54. The van der Waals surface area contributed by atoms with E-state index in [1.54, 1.807) is 0 Å². The number of aliphatic carboxylic acids is 1. The fraction of sp³-hybridized carbons (Fsp3) is 0.348. The number of carbonyl (C=O) groups excluding carboxylic acids is 2. The molecule has 3 aliphatic rings. The molecule has 2 saturated carbocycles. The molecule has 2 amide bonds. The Bertz CT molecular complexity index is 1010. The van der Waals surface area contributed by atoms with Crippen molar-refractivity contribution < 1.29 is 24.2 Å². The van der Waals surface area contributed by atoms with Crippen LogP contribution in [0.5, 0.6) is 0 Å². The molecule has 0 atom stereocenters. The molecular formula is C23H22N2O5. The predicted molar refractivity (Wildman–Crippen MR) is 108 cm³/mol. The number of amides is 2. The summed E-state index contributed by atoms with van der Waals surface area (Å²) in [5.41, 5.74) is 2.28. The van der Waals surface area contributed by atoms with Crippen LogP contribution in [0.25, 0.3) is 11.1 Å². The Balaban J connectivity index is 1.24. The summed E-state index contributed by atoms with van der Waals surface area (Å²) in [4.78, 5) is 36.3. The molecule has 0 heterocycles. The molecule has 7 heteroatoms. The van der Waals surface area contributed by atoms with E-state index < -0.39 is 29.0 Å². The molecule has 0 aromatic heterocycles. The summed E-state index contributed by atoms with van der Waals surface area (Å²) < 4.78 is 5.51. The predicted octanol–water partition coefficient (Wildman–Crippen LogP) is 2.79. The molecule has 7 nitrogen and oxygen atoms in total. The third-order valence-corrected chi connectivity index (χ3v) is 6.38. The third kappa shape index (κ3) is 3.01. The number of fused-ring (bicyclic) bond motifs is 3.